The maximum absolute atomic E-state index is 10.4. The van der Waals surface area contributed by atoms with Crippen molar-refractivity contribution in [2.75, 3.05) is 0 Å². The molecule has 0 atom stereocenters. The monoisotopic (exact) mass is 556 g/mol. The number of hydrogen-bond donors (Lipinski definition) is 0. The minimum atomic E-state index is -0.903. The highest BCUT2D eigenvalue weighted by Gasteiger charge is 1.96. The Hall–Kier alpha value is -1.57. The molecule has 0 aliphatic rings. The fraction of sp³-hybridized carbons (Fsp3) is 0.763. The molecule has 0 fully saturated rings. The zero-order chi connectivity index (χ0) is 29.0. The van der Waals surface area contributed by atoms with Crippen LogP contribution in [0.2, 0.25) is 0 Å². The second-order valence-electron chi connectivity index (χ2n) is 11.7. The van der Waals surface area contributed by atoms with Crippen LogP contribution in [0.15, 0.2) is 48.6 Å². The Kier molecular flexibility index (Phi) is 34.1. The van der Waals surface area contributed by atoms with Crippen molar-refractivity contribution in [2.24, 2.45) is 0 Å². The molecule has 0 saturated carbocycles. The molecule has 0 aliphatic heterocycles. The Labute approximate surface area is 250 Å². The van der Waals surface area contributed by atoms with Crippen molar-refractivity contribution in [3.8, 4) is 0 Å². The Morgan fingerprint density at radius 3 is 1.00 bits per heavy atom. The Morgan fingerprint density at radius 2 is 0.675 bits per heavy atom. The largest absolute Gasteiger partial charge is 0.550 e. The van der Waals surface area contributed by atoms with Gasteiger partial charge in [0.1, 0.15) is 0 Å². The molecule has 0 rings (SSSR count). The fourth-order valence-electron chi connectivity index (χ4n) is 5.10. The van der Waals surface area contributed by atoms with Gasteiger partial charge in [0.05, 0.1) is 0 Å². The Morgan fingerprint density at radius 1 is 0.400 bits per heavy atom. The summed E-state index contributed by atoms with van der Waals surface area (Å²) in [7, 11) is 0. The third-order valence-electron chi connectivity index (χ3n) is 7.71. The van der Waals surface area contributed by atoms with E-state index in [0.29, 0.717) is 0 Å². The molecule has 0 aliphatic carbocycles. The summed E-state index contributed by atoms with van der Waals surface area (Å²) in [5.41, 5.74) is 0. The van der Waals surface area contributed by atoms with Gasteiger partial charge < -0.3 is 9.90 Å². The fourth-order valence-corrected chi connectivity index (χ4v) is 5.10. The first-order valence-corrected chi connectivity index (χ1v) is 17.6. The van der Waals surface area contributed by atoms with Crippen LogP contribution in [0.1, 0.15) is 187 Å². The zero-order valence-electron chi connectivity index (χ0n) is 26.7. The van der Waals surface area contributed by atoms with Crippen LogP contribution in [-0.4, -0.2) is 5.97 Å². The number of allylic oxidation sites excluding steroid dienone is 8. The van der Waals surface area contributed by atoms with Gasteiger partial charge in [-0.3, -0.25) is 0 Å². The van der Waals surface area contributed by atoms with Gasteiger partial charge in [0, 0.05) is 5.97 Å². The van der Waals surface area contributed by atoms with Gasteiger partial charge in [-0.05, 0) is 57.8 Å². The minimum Gasteiger partial charge on any atom is -0.550 e. The van der Waals surface area contributed by atoms with Crippen LogP contribution in [0.25, 0.3) is 0 Å². The summed E-state index contributed by atoms with van der Waals surface area (Å²) in [6.45, 7) is 2.26. The van der Waals surface area contributed by atoms with E-state index in [2.05, 4.69) is 55.5 Å². The zero-order valence-corrected chi connectivity index (χ0v) is 26.7. The van der Waals surface area contributed by atoms with Crippen molar-refractivity contribution in [2.45, 2.75) is 187 Å². The van der Waals surface area contributed by atoms with Gasteiger partial charge in [-0.2, -0.15) is 0 Å². The lowest BCUT2D eigenvalue weighted by atomic mass is 10.0. The topological polar surface area (TPSA) is 40.1 Å². The van der Waals surface area contributed by atoms with Crippen molar-refractivity contribution in [1.29, 1.82) is 0 Å². The predicted octanol–water partition coefficient (Wildman–Crippen LogP) is 11.9. The van der Waals surface area contributed by atoms with Crippen molar-refractivity contribution < 1.29 is 9.90 Å². The molecule has 0 heterocycles. The number of carbonyl (C=O) groups is 1. The number of carbonyl (C=O) groups excluding carboxylic acids is 1. The molecule has 0 aromatic carbocycles. The van der Waals surface area contributed by atoms with Crippen molar-refractivity contribution >= 4 is 5.97 Å². The molecular formula is C38H67O2-. The molecule has 0 aromatic rings. The Balaban J connectivity index is 3.21. The smallest absolute Gasteiger partial charge is 0.0414 e. The number of unbranched alkanes of at least 4 members (excludes halogenated alkanes) is 22. The lowest BCUT2D eigenvalue weighted by Crippen LogP contribution is -2.21. The van der Waals surface area contributed by atoms with Gasteiger partial charge in [-0.25, -0.2) is 0 Å². The second kappa shape index (κ2) is 35.5. The van der Waals surface area contributed by atoms with E-state index in [1.807, 2.05) is 0 Å². The van der Waals surface area contributed by atoms with Crippen LogP contribution in [0.4, 0.5) is 0 Å². The first kappa shape index (κ1) is 38.4. The molecule has 0 spiro atoms. The van der Waals surface area contributed by atoms with E-state index in [-0.39, 0.29) is 6.42 Å². The highest BCUT2D eigenvalue weighted by molar-refractivity contribution is 5.64. The maximum Gasteiger partial charge on any atom is 0.0414 e. The lowest BCUT2D eigenvalue weighted by Gasteiger charge is -2.04. The summed E-state index contributed by atoms with van der Waals surface area (Å²) >= 11 is 0. The maximum atomic E-state index is 10.4. The molecule has 0 N–H and O–H groups in total. The SMILES string of the molecule is CCCCC/C=C\C/C=C\C/C=C\C/C=C\CCCCCCCCCCCCCCCCCCCCCC(=O)[O-]. The number of aliphatic carboxylic acids is 1. The van der Waals surface area contributed by atoms with Gasteiger partial charge in [-0.1, -0.05) is 178 Å². The third-order valence-corrected chi connectivity index (χ3v) is 7.71. The van der Waals surface area contributed by atoms with Crippen LogP contribution in [0.5, 0.6) is 0 Å². The number of carboxylic acids is 1. The minimum absolute atomic E-state index is 0.230. The molecular weight excluding hydrogens is 488 g/mol. The standard InChI is InChI=1S/C38H68O2/c1-2-3-4-5-6-7-8-9-10-11-12-13-14-15-16-17-18-19-20-21-22-23-24-25-26-27-28-29-30-31-32-33-34-35-36-37-38(39)40/h6-7,9-10,12-13,15-16H,2-5,8,11,14,17-37H2,1H3,(H,39,40)/p-1/b7-6-,10-9-,13-12-,16-15-. The molecule has 0 radical (unpaired) electrons. The van der Waals surface area contributed by atoms with E-state index in [9.17, 15) is 9.90 Å². The number of rotatable bonds is 32. The average molecular weight is 556 g/mol. The van der Waals surface area contributed by atoms with Crippen LogP contribution >= 0.6 is 0 Å². The second-order valence-corrected chi connectivity index (χ2v) is 11.7. The predicted molar refractivity (Wildman–Crippen MR) is 177 cm³/mol. The van der Waals surface area contributed by atoms with Crippen molar-refractivity contribution in [3.05, 3.63) is 48.6 Å². The Bertz CT molecular complexity index is 613. The van der Waals surface area contributed by atoms with E-state index < -0.39 is 5.97 Å². The van der Waals surface area contributed by atoms with Crippen LogP contribution in [0.3, 0.4) is 0 Å². The van der Waals surface area contributed by atoms with Crippen LogP contribution in [0, 0.1) is 0 Å². The highest BCUT2D eigenvalue weighted by Crippen LogP contribution is 2.15. The number of hydrogen-bond acceptors (Lipinski definition) is 2. The summed E-state index contributed by atoms with van der Waals surface area (Å²) in [6.07, 6.45) is 53.6. The molecule has 0 saturated heterocycles. The normalized spacial score (nSPS) is 12.2. The van der Waals surface area contributed by atoms with E-state index in [1.165, 1.54) is 141 Å². The van der Waals surface area contributed by atoms with Crippen molar-refractivity contribution in [1.82, 2.24) is 0 Å². The molecule has 2 nitrogen and oxygen atoms in total. The van der Waals surface area contributed by atoms with Crippen molar-refractivity contribution in [3.63, 3.8) is 0 Å². The lowest BCUT2D eigenvalue weighted by molar-refractivity contribution is -0.305. The third kappa shape index (κ3) is 36.4. The summed E-state index contributed by atoms with van der Waals surface area (Å²) in [5, 5.41) is 10.4. The van der Waals surface area contributed by atoms with E-state index in [4.69, 9.17) is 0 Å². The molecule has 232 valence electrons. The van der Waals surface area contributed by atoms with Gasteiger partial charge in [-0.15, -0.1) is 0 Å². The van der Waals surface area contributed by atoms with Gasteiger partial charge in [0.2, 0.25) is 0 Å². The molecule has 0 aromatic heterocycles. The van der Waals surface area contributed by atoms with Gasteiger partial charge in [0.15, 0.2) is 0 Å². The first-order valence-electron chi connectivity index (χ1n) is 17.6. The molecule has 0 amide bonds. The van der Waals surface area contributed by atoms with E-state index in [1.54, 1.807) is 0 Å². The van der Waals surface area contributed by atoms with E-state index in [0.717, 1.165) is 32.1 Å². The number of carboxylic acid groups (broad SMARTS) is 1. The first-order chi connectivity index (χ1) is 19.8. The summed E-state index contributed by atoms with van der Waals surface area (Å²) < 4.78 is 0. The van der Waals surface area contributed by atoms with E-state index >= 15 is 0 Å². The highest BCUT2D eigenvalue weighted by atomic mass is 16.4. The quantitative estimate of drug-likeness (QED) is 0.0611. The van der Waals surface area contributed by atoms with Crippen LogP contribution in [-0.2, 0) is 4.79 Å². The summed E-state index contributed by atoms with van der Waals surface area (Å²) in [4.78, 5) is 10.4. The van der Waals surface area contributed by atoms with Gasteiger partial charge in [0.25, 0.3) is 0 Å². The van der Waals surface area contributed by atoms with Gasteiger partial charge >= 0.3 is 0 Å². The average Bonchev–Trinajstić information content (AvgIpc) is 2.95. The molecule has 2 heteroatoms. The molecule has 40 heavy (non-hydrogen) atoms. The summed E-state index contributed by atoms with van der Waals surface area (Å²) in [5.74, 6) is -0.903. The van der Waals surface area contributed by atoms with Crippen LogP contribution < -0.4 is 5.11 Å². The molecule has 0 unspecified atom stereocenters. The summed E-state index contributed by atoms with van der Waals surface area (Å²) in [6, 6.07) is 0. The molecule has 0 bridgehead atoms.